The second-order valence-corrected chi connectivity index (χ2v) is 4.91. The lowest BCUT2D eigenvalue weighted by Crippen LogP contribution is -2.02. The topological polar surface area (TPSA) is 43.4 Å². The number of thiophene rings is 1. The second-order valence-electron chi connectivity index (χ2n) is 3.48. The quantitative estimate of drug-likeness (QED) is 0.540. The number of carbonyl (C=O) groups excluding carboxylic acids is 2. The van der Waals surface area contributed by atoms with E-state index in [4.69, 9.17) is 0 Å². The van der Waals surface area contributed by atoms with Crippen LogP contribution in [0, 0.1) is 20.8 Å². The van der Waals surface area contributed by atoms with Gasteiger partial charge >= 0.3 is 11.9 Å². The Hall–Kier alpha value is -1.42. The molecule has 3 nitrogen and oxygen atoms in total. The molecular weight excluding hydrogens is 212 g/mol. The lowest BCUT2D eigenvalue weighted by molar-refractivity contribution is -0.149. The minimum Gasteiger partial charge on any atom is -0.386 e. The highest BCUT2D eigenvalue weighted by atomic mass is 32.1. The molecule has 0 N–H and O–H groups in total. The maximum Gasteiger partial charge on any atom is 0.346 e. The Balaban J connectivity index is 2.60. The molecule has 15 heavy (non-hydrogen) atoms. The molecule has 0 saturated carbocycles. The molecule has 78 valence electrons. The maximum absolute atomic E-state index is 11.4. The summed E-state index contributed by atoms with van der Waals surface area (Å²) < 4.78 is 4.48. The third kappa shape index (κ3) is 1.51. The average Bonchev–Trinajstić information content (AvgIpc) is 2.56. The number of hydrogen-bond acceptors (Lipinski definition) is 4. The second kappa shape index (κ2) is 3.31. The summed E-state index contributed by atoms with van der Waals surface area (Å²) in [5.74, 6) is -1.11. The summed E-state index contributed by atoms with van der Waals surface area (Å²) in [5.41, 5.74) is 2.29. The van der Waals surface area contributed by atoms with Gasteiger partial charge in [0.15, 0.2) is 0 Å². The number of carbonyl (C=O) groups is 2. The van der Waals surface area contributed by atoms with Crippen molar-refractivity contribution in [2.45, 2.75) is 20.8 Å². The fourth-order valence-electron chi connectivity index (χ4n) is 1.72. The number of rotatable bonds is 1. The first-order chi connectivity index (χ1) is 7.00. The fraction of sp³-hybridized carbons (Fsp3) is 0.273. The summed E-state index contributed by atoms with van der Waals surface area (Å²) in [6, 6.07) is 0. The van der Waals surface area contributed by atoms with Gasteiger partial charge in [-0.3, -0.25) is 0 Å². The minimum atomic E-state index is -0.572. The molecule has 2 rings (SSSR count). The number of hydrogen-bond donors (Lipinski definition) is 0. The van der Waals surface area contributed by atoms with Crippen molar-refractivity contribution in [1.82, 2.24) is 0 Å². The van der Waals surface area contributed by atoms with Gasteiger partial charge < -0.3 is 4.74 Å². The lowest BCUT2D eigenvalue weighted by Gasteiger charge is -2.00. The smallest absolute Gasteiger partial charge is 0.346 e. The van der Waals surface area contributed by atoms with Crippen LogP contribution in [0.5, 0.6) is 0 Å². The van der Waals surface area contributed by atoms with E-state index in [9.17, 15) is 9.59 Å². The lowest BCUT2D eigenvalue weighted by atomic mass is 10.0. The molecule has 0 aromatic carbocycles. The van der Waals surface area contributed by atoms with Crippen molar-refractivity contribution >= 4 is 28.8 Å². The SMILES string of the molecule is Cc1sc(C)c(C2=CC(=O)OC2=O)c1C. The Labute approximate surface area is 91.4 Å². The molecule has 0 unspecified atom stereocenters. The van der Waals surface area contributed by atoms with Gasteiger partial charge in [0, 0.05) is 21.4 Å². The van der Waals surface area contributed by atoms with Crippen molar-refractivity contribution in [2.75, 3.05) is 0 Å². The van der Waals surface area contributed by atoms with Gasteiger partial charge in [-0.25, -0.2) is 9.59 Å². The normalized spacial score (nSPS) is 15.5. The summed E-state index contributed by atoms with van der Waals surface area (Å²) in [6.45, 7) is 5.89. The highest BCUT2D eigenvalue weighted by molar-refractivity contribution is 7.12. The molecule has 0 atom stereocenters. The van der Waals surface area contributed by atoms with E-state index in [1.54, 1.807) is 11.3 Å². The predicted molar refractivity (Wildman–Crippen MR) is 57.6 cm³/mol. The molecule has 0 bridgehead atoms. The van der Waals surface area contributed by atoms with Gasteiger partial charge in [0.2, 0.25) is 0 Å². The number of cyclic esters (lactones) is 2. The van der Waals surface area contributed by atoms with Gasteiger partial charge in [0.05, 0.1) is 5.57 Å². The van der Waals surface area contributed by atoms with Crippen LogP contribution in [0.2, 0.25) is 0 Å². The van der Waals surface area contributed by atoms with Gasteiger partial charge in [-0.1, -0.05) is 0 Å². The summed E-state index contributed by atoms with van der Waals surface area (Å²) in [4.78, 5) is 24.5. The first kappa shape index (κ1) is 10.1. The van der Waals surface area contributed by atoms with Gasteiger partial charge in [0.25, 0.3) is 0 Å². The Kier molecular flexibility index (Phi) is 2.23. The molecule has 0 radical (unpaired) electrons. The fourth-order valence-corrected chi connectivity index (χ4v) is 2.80. The molecule has 0 amide bonds. The zero-order valence-electron chi connectivity index (χ0n) is 8.71. The van der Waals surface area contributed by atoms with Crippen LogP contribution >= 0.6 is 11.3 Å². The van der Waals surface area contributed by atoms with Crippen LogP contribution in [0.3, 0.4) is 0 Å². The Bertz CT molecular complexity index is 494. The number of aryl methyl sites for hydroxylation is 2. The number of ether oxygens (including phenoxy) is 1. The van der Waals surface area contributed by atoms with Crippen molar-refractivity contribution in [3.8, 4) is 0 Å². The van der Waals surface area contributed by atoms with E-state index in [1.807, 2.05) is 20.8 Å². The Morgan fingerprint density at radius 2 is 1.80 bits per heavy atom. The molecule has 1 aliphatic heterocycles. The largest absolute Gasteiger partial charge is 0.386 e. The minimum absolute atomic E-state index is 0.388. The Morgan fingerprint density at radius 3 is 2.20 bits per heavy atom. The maximum atomic E-state index is 11.4. The van der Waals surface area contributed by atoms with Crippen molar-refractivity contribution in [1.29, 1.82) is 0 Å². The molecule has 0 fully saturated rings. The zero-order chi connectivity index (χ0) is 11.2. The van der Waals surface area contributed by atoms with E-state index >= 15 is 0 Å². The first-order valence-corrected chi connectivity index (χ1v) is 5.37. The van der Waals surface area contributed by atoms with Crippen LogP contribution in [-0.4, -0.2) is 11.9 Å². The molecule has 0 aliphatic carbocycles. The van der Waals surface area contributed by atoms with Crippen LogP contribution < -0.4 is 0 Å². The van der Waals surface area contributed by atoms with E-state index in [1.165, 1.54) is 6.08 Å². The zero-order valence-corrected chi connectivity index (χ0v) is 9.53. The van der Waals surface area contributed by atoms with Gasteiger partial charge in [-0.2, -0.15) is 0 Å². The molecular formula is C11H10O3S. The summed E-state index contributed by atoms with van der Waals surface area (Å²) >= 11 is 1.63. The first-order valence-electron chi connectivity index (χ1n) is 4.55. The van der Waals surface area contributed by atoms with Crippen LogP contribution in [-0.2, 0) is 14.3 Å². The van der Waals surface area contributed by atoms with Crippen LogP contribution in [0.4, 0.5) is 0 Å². The molecule has 2 heterocycles. The van der Waals surface area contributed by atoms with Crippen molar-refractivity contribution in [3.05, 3.63) is 27.0 Å². The molecule has 0 spiro atoms. The molecule has 1 aromatic rings. The summed E-state index contributed by atoms with van der Waals surface area (Å²) in [6.07, 6.45) is 1.27. The Morgan fingerprint density at radius 1 is 1.13 bits per heavy atom. The van der Waals surface area contributed by atoms with Crippen molar-refractivity contribution in [2.24, 2.45) is 0 Å². The van der Waals surface area contributed by atoms with E-state index in [2.05, 4.69) is 4.74 Å². The van der Waals surface area contributed by atoms with E-state index in [0.29, 0.717) is 5.57 Å². The molecule has 0 saturated heterocycles. The van der Waals surface area contributed by atoms with Crippen LogP contribution in [0.1, 0.15) is 20.9 Å². The number of esters is 2. The summed E-state index contributed by atoms with van der Waals surface area (Å²) in [5, 5.41) is 0. The van der Waals surface area contributed by atoms with E-state index in [-0.39, 0.29) is 0 Å². The third-order valence-electron chi connectivity index (χ3n) is 2.51. The van der Waals surface area contributed by atoms with Crippen LogP contribution in [0.15, 0.2) is 6.08 Å². The molecule has 1 aromatic heterocycles. The predicted octanol–water partition coefficient (Wildman–Crippen LogP) is 2.14. The van der Waals surface area contributed by atoms with Crippen LogP contribution in [0.25, 0.3) is 5.57 Å². The monoisotopic (exact) mass is 222 g/mol. The standard InChI is InChI=1S/C11H10O3S/c1-5-6(2)15-7(3)10(5)8-4-9(12)14-11(8)13/h4H,1-3H3. The summed E-state index contributed by atoms with van der Waals surface area (Å²) in [7, 11) is 0. The third-order valence-corrected chi connectivity index (χ3v) is 3.63. The van der Waals surface area contributed by atoms with Gasteiger partial charge in [0.1, 0.15) is 0 Å². The van der Waals surface area contributed by atoms with E-state index in [0.717, 1.165) is 20.9 Å². The van der Waals surface area contributed by atoms with Crippen molar-refractivity contribution in [3.63, 3.8) is 0 Å². The van der Waals surface area contributed by atoms with Gasteiger partial charge in [-0.15, -0.1) is 11.3 Å². The highest BCUT2D eigenvalue weighted by Gasteiger charge is 2.28. The van der Waals surface area contributed by atoms with Gasteiger partial charge in [-0.05, 0) is 26.3 Å². The molecule has 1 aliphatic rings. The van der Waals surface area contributed by atoms with E-state index < -0.39 is 11.9 Å². The highest BCUT2D eigenvalue weighted by Crippen LogP contribution is 2.34. The average molecular weight is 222 g/mol. The van der Waals surface area contributed by atoms with Crippen molar-refractivity contribution < 1.29 is 14.3 Å². The molecule has 4 heteroatoms.